The fraction of sp³-hybridized carbons (Fsp3) is 0.458. The van der Waals surface area contributed by atoms with Crippen LogP contribution in [0.25, 0.3) is 0 Å². The highest BCUT2D eigenvalue weighted by Crippen LogP contribution is 2.32. The van der Waals surface area contributed by atoms with E-state index in [-0.39, 0.29) is 11.8 Å². The lowest BCUT2D eigenvalue weighted by atomic mass is 10.0. The number of fused-ring (bicyclic) bond motifs is 1. The zero-order valence-corrected chi connectivity index (χ0v) is 18.2. The molecule has 4 rings (SSSR count). The molecule has 7 heteroatoms. The Bertz CT molecular complexity index is 949. The minimum atomic E-state index is -0.0288. The first-order valence-corrected chi connectivity index (χ1v) is 11.0. The van der Waals surface area contributed by atoms with E-state index in [2.05, 4.69) is 10.2 Å². The van der Waals surface area contributed by atoms with E-state index in [0.717, 1.165) is 49.4 Å². The largest absolute Gasteiger partial charge is 0.618 e. The predicted octanol–water partition coefficient (Wildman–Crippen LogP) is 1.76. The highest BCUT2D eigenvalue weighted by molar-refractivity contribution is 5.96. The van der Waals surface area contributed by atoms with Crippen LogP contribution in [0.2, 0.25) is 0 Å². The normalized spacial score (nSPS) is 20.6. The van der Waals surface area contributed by atoms with Crippen LogP contribution >= 0.6 is 0 Å². The Morgan fingerprint density at radius 2 is 1.74 bits per heavy atom. The molecule has 2 unspecified atom stereocenters. The Kier molecular flexibility index (Phi) is 6.23. The quantitative estimate of drug-likeness (QED) is 0.437. The fourth-order valence-corrected chi connectivity index (χ4v) is 4.89. The second kappa shape index (κ2) is 9.06. The van der Waals surface area contributed by atoms with Gasteiger partial charge in [-0.15, -0.1) is 0 Å². The lowest BCUT2D eigenvalue weighted by molar-refractivity contribution is -0.612. The Morgan fingerprint density at radius 1 is 1.06 bits per heavy atom. The zero-order chi connectivity index (χ0) is 22.0. The molecule has 1 aromatic carbocycles. The molecule has 1 N–H and O–H groups in total. The van der Waals surface area contributed by atoms with Gasteiger partial charge in [0.1, 0.15) is 5.56 Å². The highest BCUT2D eigenvalue weighted by Gasteiger charge is 2.42. The van der Waals surface area contributed by atoms with Crippen LogP contribution in [-0.4, -0.2) is 60.9 Å². The number of likely N-dealkylation sites (tertiary alicyclic amines) is 2. The summed E-state index contributed by atoms with van der Waals surface area (Å²) in [6, 6.07) is 11.0. The number of aryl methyl sites for hydroxylation is 1. The number of carbonyl (C=O) groups excluding carboxylic acids is 2. The molecule has 2 atom stereocenters. The van der Waals surface area contributed by atoms with Gasteiger partial charge in [0.15, 0.2) is 6.20 Å². The van der Waals surface area contributed by atoms with Gasteiger partial charge in [0.25, 0.3) is 11.8 Å². The Balaban J connectivity index is 1.23. The number of carbonyl (C=O) groups is 2. The summed E-state index contributed by atoms with van der Waals surface area (Å²) in [4.78, 5) is 29.5. The molecule has 3 heterocycles. The van der Waals surface area contributed by atoms with E-state index in [1.165, 1.54) is 6.20 Å². The second-order valence-electron chi connectivity index (χ2n) is 8.75. The molecule has 0 bridgehead atoms. The molecule has 2 aromatic rings. The predicted molar refractivity (Wildman–Crippen MR) is 118 cm³/mol. The van der Waals surface area contributed by atoms with Gasteiger partial charge in [-0.25, -0.2) is 0 Å². The summed E-state index contributed by atoms with van der Waals surface area (Å²) in [7, 11) is 0. The minimum absolute atomic E-state index is 0.0234. The van der Waals surface area contributed by atoms with Crippen molar-refractivity contribution in [1.82, 2.24) is 15.1 Å². The summed E-state index contributed by atoms with van der Waals surface area (Å²) in [5.74, 6) is 0.904. The topological polar surface area (TPSA) is 79.6 Å². The number of hydrogen-bond donors (Lipinski definition) is 1. The molecule has 0 saturated carbocycles. The SMILES string of the molecule is Cc1cc[n+]([O-])c(C)c1C(=O)N1CC2CN(CCCNC(=O)c3ccccc3)CC2C1. The molecule has 2 fully saturated rings. The van der Waals surface area contributed by atoms with Gasteiger partial charge in [0.2, 0.25) is 5.69 Å². The van der Waals surface area contributed by atoms with Gasteiger partial charge in [-0.2, -0.15) is 4.73 Å². The van der Waals surface area contributed by atoms with E-state index in [0.29, 0.717) is 35.2 Å². The molecule has 2 saturated heterocycles. The van der Waals surface area contributed by atoms with Gasteiger partial charge < -0.3 is 20.3 Å². The van der Waals surface area contributed by atoms with Crippen LogP contribution in [0.15, 0.2) is 42.6 Å². The van der Waals surface area contributed by atoms with Crippen LogP contribution in [0.4, 0.5) is 0 Å². The smallest absolute Gasteiger partial charge is 0.260 e. The average Bonchev–Trinajstić information content (AvgIpc) is 3.33. The summed E-state index contributed by atoms with van der Waals surface area (Å²) >= 11 is 0. The minimum Gasteiger partial charge on any atom is -0.618 e. The molecule has 31 heavy (non-hydrogen) atoms. The van der Waals surface area contributed by atoms with Crippen LogP contribution in [0.5, 0.6) is 0 Å². The highest BCUT2D eigenvalue weighted by atomic mass is 16.5. The molecule has 2 amide bonds. The van der Waals surface area contributed by atoms with Crippen molar-refractivity contribution >= 4 is 11.8 Å². The summed E-state index contributed by atoms with van der Waals surface area (Å²) in [6.07, 6.45) is 2.37. The molecule has 1 aromatic heterocycles. The van der Waals surface area contributed by atoms with Crippen molar-refractivity contribution in [3.05, 3.63) is 70.2 Å². The third-order valence-electron chi connectivity index (χ3n) is 6.58. The van der Waals surface area contributed by atoms with Crippen LogP contribution < -0.4 is 10.0 Å². The van der Waals surface area contributed by atoms with Crippen molar-refractivity contribution in [2.24, 2.45) is 11.8 Å². The number of hydrogen-bond acceptors (Lipinski definition) is 4. The van der Waals surface area contributed by atoms with Gasteiger partial charge in [0.05, 0.1) is 0 Å². The van der Waals surface area contributed by atoms with Gasteiger partial charge in [-0.05, 0) is 49.4 Å². The molecule has 2 aliphatic heterocycles. The van der Waals surface area contributed by atoms with Crippen LogP contribution in [0.1, 0.15) is 38.4 Å². The van der Waals surface area contributed by atoms with Gasteiger partial charge >= 0.3 is 0 Å². The first kappa shape index (κ1) is 21.3. The fourth-order valence-electron chi connectivity index (χ4n) is 4.89. The lowest BCUT2D eigenvalue weighted by Gasteiger charge is -2.22. The monoisotopic (exact) mass is 422 g/mol. The summed E-state index contributed by atoms with van der Waals surface area (Å²) in [5.41, 5.74) is 2.56. The molecule has 7 nitrogen and oxygen atoms in total. The van der Waals surface area contributed by atoms with Crippen LogP contribution in [0.3, 0.4) is 0 Å². The molecule has 0 radical (unpaired) electrons. The van der Waals surface area contributed by atoms with Crippen molar-refractivity contribution in [2.45, 2.75) is 20.3 Å². The van der Waals surface area contributed by atoms with E-state index in [1.54, 1.807) is 13.0 Å². The van der Waals surface area contributed by atoms with E-state index < -0.39 is 0 Å². The molecule has 164 valence electrons. The average molecular weight is 423 g/mol. The standard InChI is InChI=1S/C24H30N4O3/c1-17-9-12-28(31)18(2)22(17)24(30)27-15-20-13-26(14-21(20)16-27)11-6-10-25-23(29)19-7-4-3-5-8-19/h3-5,7-9,12,20-21H,6,10-11,13-16H2,1-2H3,(H,25,29). The van der Waals surface area contributed by atoms with Crippen LogP contribution in [-0.2, 0) is 0 Å². The molecular formula is C24H30N4O3. The second-order valence-corrected chi connectivity index (χ2v) is 8.75. The van der Waals surface area contributed by atoms with Gasteiger partial charge in [0, 0.05) is 51.3 Å². The maximum atomic E-state index is 13.1. The van der Waals surface area contributed by atoms with E-state index in [4.69, 9.17) is 0 Å². The van der Waals surface area contributed by atoms with Crippen molar-refractivity contribution in [3.8, 4) is 0 Å². The first-order chi connectivity index (χ1) is 14.9. The number of nitrogens with zero attached hydrogens (tertiary/aromatic N) is 3. The van der Waals surface area contributed by atoms with Crippen molar-refractivity contribution < 1.29 is 14.3 Å². The Labute approximate surface area is 183 Å². The number of benzene rings is 1. The van der Waals surface area contributed by atoms with Gasteiger partial charge in [-0.1, -0.05) is 18.2 Å². The van der Waals surface area contributed by atoms with Crippen LogP contribution in [0, 0.1) is 30.9 Å². The van der Waals surface area contributed by atoms with Crippen molar-refractivity contribution in [2.75, 3.05) is 39.3 Å². The maximum absolute atomic E-state index is 13.1. The van der Waals surface area contributed by atoms with E-state index in [9.17, 15) is 14.8 Å². The molecule has 2 aliphatic rings. The van der Waals surface area contributed by atoms with Crippen molar-refractivity contribution in [1.29, 1.82) is 0 Å². The summed E-state index contributed by atoms with van der Waals surface area (Å²) < 4.78 is 0.773. The number of pyridine rings is 1. The molecule has 0 aliphatic carbocycles. The lowest BCUT2D eigenvalue weighted by Crippen LogP contribution is -2.38. The third kappa shape index (κ3) is 4.56. The van der Waals surface area contributed by atoms with Crippen molar-refractivity contribution in [3.63, 3.8) is 0 Å². The van der Waals surface area contributed by atoms with E-state index in [1.807, 2.05) is 42.2 Å². The number of nitrogens with one attached hydrogen (secondary N) is 1. The maximum Gasteiger partial charge on any atom is 0.260 e. The third-order valence-corrected chi connectivity index (χ3v) is 6.58. The number of aromatic nitrogens is 1. The number of rotatable bonds is 6. The van der Waals surface area contributed by atoms with E-state index >= 15 is 0 Å². The Hall–Kier alpha value is -2.93. The molecular weight excluding hydrogens is 392 g/mol. The molecule has 0 spiro atoms. The summed E-state index contributed by atoms with van der Waals surface area (Å²) in [5, 5.41) is 14.9. The summed E-state index contributed by atoms with van der Waals surface area (Å²) in [6.45, 7) is 8.66. The Morgan fingerprint density at radius 3 is 2.42 bits per heavy atom. The zero-order valence-electron chi connectivity index (χ0n) is 18.2. The first-order valence-electron chi connectivity index (χ1n) is 11.0. The van der Waals surface area contributed by atoms with Gasteiger partial charge in [-0.3, -0.25) is 9.59 Å². The number of amides is 2.